The molecule has 0 bridgehead atoms. The number of allylic oxidation sites excluding steroid dienone is 1. The van der Waals surface area contributed by atoms with Crippen LogP contribution in [0.1, 0.15) is 21.5 Å². The monoisotopic (exact) mass is 358 g/mol. The van der Waals surface area contributed by atoms with Crippen LogP contribution in [0.3, 0.4) is 0 Å². The zero-order chi connectivity index (χ0) is 19.1. The van der Waals surface area contributed by atoms with E-state index in [1.54, 1.807) is 18.5 Å². The number of pyridine rings is 1. The lowest BCUT2D eigenvalue weighted by Gasteiger charge is -2.11. The summed E-state index contributed by atoms with van der Waals surface area (Å²) in [5.74, 6) is 0.763. The van der Waals surface area contributed by atoms with Gasteiger partial charge < -0.3 is 9.64 Å². The quantitative estimate of drug-likeness (QED) is 0.456. The van der Waals surface area contributed by atoms with E-state index in [-0.39, 0.29) is 5.78 Å². The number of anilines is 1. The summed E-state index contributed by atoms with van der Waals surface area (Å²) in [5, 5.41) is 0. The lowest BCUT2D eigenvalue weighted by Crippen LogP contribution is -2.08. The number of hydrogen-bond acceptors (Lipinski definition) is 4. The number of carbonyl (C=O) groups excluding carboxylic acids is 1. The summed E-state index contributed by atoms with van der Waals surface area (Å²) in [7, 11) is 3.95. The van der Waals surface area contributed by atoms with Gasteiger partial charge in [-0.1, -0.05) is 24.3 Å². The van der Waals surface area contributed by atoms with Gasteiger partial charge in [0.2, 0.25) is 0 Å². The predicted octanol–water partition coefficient (Wildman–Crippen LogP) is 4.62. The third-order valence-corrected chi connectivity index (χ3v) is 4.10. The fraction of sp³-hybridized carbons (Fsp3) is 0.130. The van der Waals surface area contributed by atoms with Gasteiger partial charge in [0.1, 0.15) is 12.4 Å². The van der Waals surface area contributed by atoms with E-state index in [2.05, 4.69) is 4.98 Å². The molecular formula is C23H22N2O2. The van der Waals surface area contributed by atoms with Crippen molar-refractivity contribution in [2.24, 2.45) is 0 Å². The third-order valence-electron chi connectivity index (χ3n) is 4.10. The zero-order valence-electron chi connectivity index (χ0n) is 15.5. The van der Waals surface area contributed by atoms with Crippen LogP contribution < -0.4 is 9.64 Å². The highest BCUT2D eigenvalue weighted by molar-refractivity contribution is 6.06. The Morgan fingerprint density at radius 1 is 1.04 bits per heavy atom. The minimum atomic E-state index is -0.0165. The molecule has 0 saturated heterocycles. The Morgan fingerprint density at radius 2 is 1.78 bits per heavy atom. The molecular weight excluding hydrogens is 336 g/mol. The van der Waals surface area contributed by atoms with Crippen LogP contribution in [0.15, 0.2) is 79.1 Å². The molecule has 0 radical (unpaired) electrons. The maximum Gasteiger partial charge on any atom is 0.185 e. The standard InChI is InChI=1S/C23H22N2O2/c1-25(2)21-10-8-20(9-11-21)23(26)14-7-18-5-12-22(13-6-18)27-17-19-4-3-15-24-16-19/h3-16H,17H2,1-2H3/b14-7+. The first-order valence-electron chi connectivity index (χ1n) is 8.73. The van der Waals surface area contributed by atoms with E-state index in [9.17, 15) is 4.79 Å². The van der Waals surface area contributed by atoms with Crippen molar-refractivity contribution >= 4 is 17.5 Å². The van der Waals surface area contributed by atoms with Crippen molar-refractivity contribution in [3.05, 3.63) is 95.8 Å². The predicted molar refractivity (Wildman–Crippen MR) is 109 cm³/mol. The molecule has 0 atom stereocenters. The SMILES string of the molecule is CN(C)c1ccc(C(=O)/C=C/c2ccc(OCc3cccnc3)cc2)cc1. The number of nitrogens with zero attached hydrogens (tertiary/aromatic N) is 2. The van der Waals surface area contributed by atoms with Gasteiger partial charge in [-0.05, 0) is 54.1 Å². The number of ketones is 1. The van der Waals surface area contributed by atoms with E-state index in [4.69, 9.17) is 4.74 Å². The van der Waals surface area contributed by atoms with Gasteiger partial charge in [0.15, 0.2) is 5.78 Å². The fourth-order valence-corrected chi connectivity index (χ4v) is 2.52. The summed E-state index contributed by atoms with van der Waals surface area (Å²) < 4.78 is 5.74. The first-order chi connectivity index (χ1) is 13.1. The van der Waals surface area contributed by atoms with Gasteiger partial charge >= 0.3 is 0 Å². The van der Waals surface area contributed by atoms with Crippen molar-refractivity contribution < 1.29 is 9.53 Å². The highest BCUT2D eigenvalue weighted by Crippen LogP contribution is 2.16. The molecule has 3 aromatic rings. The van der Waals surface area contributed by atoms with E-state index >= 15 is 0 Å². The largest absolute Gasteiger partial charge is 0.489 e. The van der Waals surface area contributed by atoms with Crippen molar-refractivity contribution in [3.8, 4) is 5.75 Å². The van der Waals surface area contributed by atoms with Crippen LogP contribution in [0.2, 0.25) is 0 Å². The first-order valence-corrected chi connectivity index (χ1v) is 8.73. The maximum atomic E-state index is 12.3. The van der Waals surface area contributed by atoms with Gasteiger partial charge in [-0.15, -0.1) is 0 Å². The smallest absolute Gasteiger partial charge is 0.185 e. The molecule has 0 spiro atoms. The normalized spacial score (nSPS) is 10.7. The van der Waals surface area contributed by atoms with E-state index in [1.165, 1.54) is 0 Å². The maximum absolute atomic E-state index is 12.3. The molecule has 0 amide bonds. The lowest BCUT2D eigenvalue weighted by atomic mass is 10.1. The molecule has 2 aromatic carbocycles. The second kappa shape index (κ2) is 8.81. The van der Waals surface area contributed by atoms with E-state index in [1.807, 2.05) is 85.7 Å². The molecule has 0 aliphatic heterocycles. The minimum absolute atomic E-state index is 0.0165. The van der Waals surface area contributed by atoms with E-state index in [0.717, 1.165) is 22.6 Å². The number of carbonyl (C=O) groups is 1. The first kappa shape index (κ1) is 18.4. The van der Waals surface area contributed by atoms with Gasteiger partial charge in [0.25, 0.3) is 0 Å². The molecule has 0 fully saturated rings. The number of ether oxygens (including phenoxy) is 1. The van der Waals surface area contributed by atoms with Gasteiger partial charge in [-0.25, -0.2) is 0 Å². The summed E-state index contributed by atoms with van der Waals surface area (Å²) in [5.41, 5.74) is 3.71. The van der Waals surface area contributed by atoms with Gasteiger partial charge in [0, 0.05) is 43.3 Å². The average Bonchev–Trinajstić information content (AvgIpc) is 2.72. The van der Waals surface area contributed by atoms with Gasteiger partial charge in [0.05, 0.1) is 0 Å². The molecule has 4 heteroatoms. The van der Waals surface area contributed by atoms with Crippen molar-refractivity contribution in [2.45, 2.75) is 6.61 Å². The number of hydrogen-bond donors (Lipinski definition) is 0. The highest BCUT2D eigenvalue weighted by Gasteiger charge is 2.03. The second-order valence-electron chi connectivity index (χ2n) is 6.36. The molecule has 1 aromatic heterocycles. The van der Waals surface area contributed by atoms with Gasteiger partial charge in [-0.3, -0.25) is 9.78 Å². The molecule has 3 rings (SSSR count). The van der Waals surface area contributed by atoms with E-state index in [0.29, 0.717) is 12.2 Å². The molecule has 0 aliphatic carbocycles. The van der Waals surface area contributed by atoms with Crippen LogP contribution >= 0.6 is 0 Å². The fourth-order valence-electron chi connectivity index (χ4n) is 2.52. The summed E-state index contributed by atoms with van der Waals surface area (Å²) in [6.45, 7) is 0.477. The Hall–Kier alpha value is -3.40. The number of benzene rings is 2. The summed E-state index contributed by atoms with van der Waals surface area (Å²) in [6, 6.07) is 19.1. The second-order valence-corrected chi connectivity index (χ2v) is 6.36. The number of rotatable bonds is 7. The Labute approximate surface area is 159 Å². The Balaban J connectivity index is 1.57. The van der Waals surface area contributed by atoms with Crippen molar-refractivity contribution in [2.75, 3.05) is 19.0 Å². The zero-order valence-corrected chi connectivity index (χ0v) is 15.5. The van der Waals surface area contributed by atoms with Crippen LogP contribution in [-0.2, 0) is 6.61 Å². The molecule has 0 N–H and O–H groups in total. The molecule has 136 valence electrons. The van der Waals surface area contributed by atoms with Crippen molar-refractivity contribution in [1.82, 2.24) is 4.98 Å². The Morgan fingerprint density at radius 3 is 2.41 bits per heavy atom. The molecule has 0 aliphatic rings. The van der Waals surface area contributed by atoms with E-state index < -0.39 is 0 Å². The third kappa shape index (κ3) is 5.28. The van der Waals surface area contributed by atoms with Crippen molar-refractivity contribution in [1.29, 1.82) is 0 Å². The molecule has 4 nitrogen and oxygen atoms in total. The van der Waals surface area contributed by atoms with Gasteiger partial charge in [-0.2, -0.15) is 0 Å². The topological polar surface area (TPSA) is 42.4 Å². The average molecular weight is 358 g/mol. The molecule has 0 unspecified atom stereocenters. The molecule has 1 heterocycles. The summed E-state index contributed by atoms with van der Waals surface area (Å²) >= 11 is 0. The Kier molecular flexibility index (Phi) is 6.00. The van der Waals surface area contributed by atoms with Crippen LogP contribution in [-0.4, -0.2) is 24.9 Å². The molecule has 0 saturated carbocycles. The summed E-state index contributed by atoms with van der Waals surface area (Å²) in [6.07, 6.45) is 6.93. The van der Waals surface area contributed by atoms with Crippen LogP contribution in [0.4, 0.5) is 5.69 Å². The number of aromatic nitrogens is 1. The van der Waals surface area contributed by atoms with Crippen molar-refractivity contribution in [3.63, 3.8) is 0 Å². The van der Waals surface area contributed by atoms with Crippen LogP contribution in [0, 0.1) is 0 Å². The van der Waals surface area contributed by atoms with Crippen LogP contribution in [0.25, 0.3) is 6.08 Å². The Bertz CT molecular complexity index is 899. The minimum Gasteiger partial charge on any atom is -0.489 e. The molecule has 27 heavy (non-hydrogen) atoms. The lowest BCUT2D eigenvalue weighted by molar-refractivity contribution is 0.104. The summed E-state index contributed by atoms with van der Waals surface area (Å²) in [4.78, 5) is 18.4. The van der Waals surface area contributed by atoms with Crippen LogP contribution in [0.5, 0.6) is 5.75 Å². The highest BCUT2D eigenvalue weighted by atomic mass is 16.5.